The van der Waals surface area contributed by atoms with E-state index >= 15 is 0 Å². The monoisotopic (exact) mass is 380 g/mol. The van der Waals surface area contributed by atoms with Gasteiger partial charge in [-0.25, -0.2) is 0 Å². The first-order chi connectivity index (χ1) is 12.3. The van der Waals surface area contributed by atoms with Crippen molar-refractivity contribution in [3.63, 3.8) is 0 Å². The van der Waals surface area contributed by atoms with E-state index in [4.69, 9.17) is 5.73 Å². The Labute approximate surface area is 155 Å². The maximum Gasteiger partial charge on any atom is 0.387 e. The smallest absolute Gasteiger partial charge is 0.387 e. The first kappa shape index (κ1) is 18.8. The predicted molar refractivity (Wildman–Crippen MR) is 98.7 cm³/mol. The summed E-state index contributed by atoms with van der Waals surface area (Å²) in [6, 6.07) is 10.2. The molecule has 1 unspecified atom stereocenters. The number of amides is 1. The van der Waals surface area contributed by atoms with Crippen molar-refractivity contribution in [2.24, 2.45) is 11.1 Å². The topological polar surface area (TPSA) is 55.6 Å². The Morgan fingerprint density at radius 1 is 1.27 bits per heavy atom. The number of thiophene rings is 1. The predicted octanol–water partition coefficient (Wildman–Crippen LogP) is 4.22. The van der Waals surface area contributed by atoms with Crippen LogP contribution in [0.15, 0.2) is 36.4 Å². The number of piperidine rings is 1. The Morgan fingerprint density at radius 2 is 1.96 bits per heavy atom. The summed E-state index contributed by atoms with van der Waals surface area (Å²) in [7, 11) is 0. The number of carbonyl (C=O) groups excluding carboxylic acids is 1. The van der Waals surface area contributed by atoms with Gasteiger partial charge in [0.2, 0.25) is 0 Å². The molecule has 1 aromatic carbocycles. The quantitative estimate of drug-likeness (QED) is 0.864. The van der Waals surface area contributed by atoms with Crippen LogP contribution in [0.25, 0.3) is 10.4 Å². The highest BCUT2D eigenvalue weighted by Gasteiger charge is 2.35. The minimum Gasteiger partial charge on any atom is -0.435 e. The number of likely N-dealkylation sites (tertiary alicyclic amines) is 1. The molecule has 0 aliphatic carbocycles. The Kier molecular flexibility index (Phi) is 5.29. The van der Waals surface area contributed by atoms with Gasteiger partial charge in [0.25, 0.3) is 5.91 Å². The van der Waals surface area contributed by atoms with Gasteiger partial charge in [0.05, 0.1) is 4.88 Å². The number of nitrogens with zero attached hydrogens (tertiary/aromatic N) is 1. The van der Waals surface area contributed by atoms with Gasteiger partial charge in [-0.1, -0.05) is 13.8 Å². The lowest BCUT2D eigenvalue weighted by atomic mass is 9.79. The van der Waals surface area contributed by atoms with Crippen molar-refractivity contribution >= 4 is 17.2 Å². The molecule has 1 fully saturated rings. The summed E-state index contributed by atoms with van der Waals surface area (Å²) >= 11 is 1.40. The van der Waals surface area contributed by atoms with Crippen LogP contribution in [0.4, 0.5) is 8.78 Å². The highest BCUT2D eigenvalue weighted by Crippen LogP contribution is 2.33. The van der Waals surface area contributed by atoms with Crippen LogP contribution in [0.5, 0.6) is 5.75 Å². The maximum atomic E-state index is 12.8. The summed E-state index contributed by atoms with van der Waals surface area (Å²) in [6.45, 7) is 2.63. The summed E-state index contributed by atoms with van der Waals surface area (Å²) in [5.74, 6) is 0.127. The lowest BCUT2D eigenvalue weighted by Gasteiger charge is -2.42. The van der Waals surface area contributed by atoms with Gasteiger partial charge >= 0.3 is 6.61 Å². The number of nitrogens with two attached hydrogens (primary N) is 1. The standard InChI is InChI=1S/C19H22F2N2O2S/c1-19(2)11-23(10-9-16(19)22)17(24)15-8-7-14(26-15)12-3-5-13(6-4-12)25-18(20)21/h3-8,16,18H,9-11,22H2,1-2H3. The molecule has 7 heteroatoms. The number of carbonyl (C=O) groups is 1. The van der Waals surface area contributed by atoms with Crippen molar-refractivity contribution in [2.45, 2.75) is 32.9 Å². The molecule has 0 bridgehead atoms. The fourth-order valence-electron chi connectivity index (χ4n) is 3.11. The summed E-state index contributed by atoms with van der Waals surface area (Å²) in [6.07, 6.45) is 0.794. The zero-order valence-corrected chi connectivity index (χ0v) is 15.6. The first-order valence-corrected chi connectivity index (χ1v) is 9.28. The number of benzene rings is 1. The molecular weight excluding hydrogens is 358 g/mol. The minimum absolute atomic E-state index is 0.0129. The van der Waals surface area contributed by atoms with Gasteiger partial charge in [-0.3, -0.25) is 4.79 Å². The molecule has 3 rings (SSSR count). The molecule has 140 valence electrons. The third-order valence-corrected chi connectivity index (χ3v) is 5.90. The largest absolute Gasteiger partial charge is 0.435 e. The van der Waals surface area contributed by atoms with E-state index in [0.717, 1.165) is 16.9 Å². The van der Waals surface area contributed by atoms with Crippen LogP contribution < -0.4 is 10.5 Å². The third-order valence-electron chi connectivity index (χ3n) is 4.78. The first-order valence-electron chi connectivity index (χ1n) is 8.46. The number of hydrogen-bond acceptors (Lipinski definition) is 4. The Morgan fingerprint density at radius 3 is 2.58 bits per heavy atom. The summed E-state index contributed by atoms with van der Waals surface area (Å²) in [5, 5.41) is 0. The van der Waals surface area contributed by atoms with Gasteiger partial charge in [-0.2, -0.15) is 8.78 Å². The summed E-state index contributed by atoms with van der Waals surface area (Å²) in [5.41, 5.74) is 6.90. The van der Waals surface area contributed by atoms with Gasteiger partial charge in [-0.05, 0) is 53.8 Å². The van der Waals surface area contributed by atoms with E-state index in [2.05, 4.69) is 18.6 Å². The number of alkyl halides is 2. The van der Waals surface area contributed by atoms with E-state index in [1.54, 1.807) is 12.1 Å². The lowest BCUT2D eigenvalue weighted by molar-refractivity contribution is -0.0498. The Bertz CT molecular complexity index is 774. The molecule has 4 nitrogen and oxygen atoms in total. The van der Waals surface area contributed by atoms with Crippen LogP contribution in [0.2, 0.25) is 0 Å². The zero-order chi connectivity index (χ0) is 18.9. The molecule has 2 N–H and O–H groups in total. The summed E-state index contributed by atoms with van der Waals surface area (Å²) in [4.78, 5) is 16.2. The molecule has 2 heterocycles. The number of halogens is 2. The van der Waals surface area contributed by atoms with E-state index in [1.807, 2.05) is 17.0 Å². The van der Waals surface area contributed by atoms with E-state index < -0.39 is 6.61 Å². The van der Waals surface area contributed by atoms with Gasteiger partial charge in [0, 0.05) is 24.0 Å². The van der Waals surface area contributed by atoms with E-state index in [1.165, 1.54) is 23.5 Å². The number of hydrogen-bond donors (Lipinski definition) is 1. The fraction of sp³-hybridized carbons (Fsp3) is 0.421. The molecule has 1 amide bonds. The highest BCUT2D eigenvalue weighted by molar-refractivity contribution is 7.17. The van der Waals surface area contributed by atoms with Crippen LogP contribution in [0.3, 0.4) is 0 Å². The Hall–Kier alpha value is -1.99. The molecule has 0 radical (unpaired) electrons. The number of rotatable bonds is 4. The van der Waals surface area contributed by atoms with Crippen molar-refractivity contribution in [3.05, 3.63) is 41.3 Å². The van der Waals surface area contributed by atoms with Crippen LogP contribution in [0, 0.1) is 5.41 Å². The van der Waals surface area contributed by atoms with Gasteiger partial charge in [0.15, 0.2) is 0 Å². The van der Waals surface area contributed by atoms with Crippen molar-refractivity contribution in [3.8, 4) is 16.2 Å². The van der Waals surface area contributed by atoms with E-state index in [9.17, 15) is 13.6 Å². The minimum atomic E-state index is -2.84. The molecule has 1 saturated heterocycles. The second-order valence-electron chi connectivity index (χ2n) is 7.18. The van der Waals surface area contributed by atoms with Gasteiger partial charge in [0.1, 0.15) is 5.75 Å². The molecule has 1 aromatic heterocycles. The lowest BCUT2D eigenvalue weighted by Crippen LogP contribution is -2.53. The van der Waals surface area contributed by atoms with Gasteiger partial charge < -0.3 is 15.4 Å². The second kappa shape index (κ2) is 7.32. The van der Waals surface area contributed by atoms with Crippen LogP contribution >= 0.6 is 11.3 Å². The third kappa shape index (κ3) is 4.04. The molecule has 1 atom stereocenters. The highest BCUT2D eigenvalue weighted by atomic mass is 32.1. The molecule has 0 spiro atoms. The summed E-state index contributed by atoms with van der Waals surface area (Å²) < 4.78 is 28.8. The van der Waals surface area contributed by atoms with Crippen LogP contribution in [-0.4, -0.2) is 36.5 Å². The normalized spacial score (nSPS) is 19.6. The zero-order valence-electron chi connectivity index (χ0n) is 14.7. The Balaban J connectivity index is 1.72. The molecule has 1 aliphatic rings. The maximum absolute atomic E-state index is 12.8. The molecule has 1 aliphatic heterocycles. The SMILES string of the molecule is CC1(C)CN(C(=O)c2ccc(-c3ccc(OC(F)F)cc3)s2)CCC1N. The van der Waals surface area contributed by atoms with Crippen LogP contribution in [-0.2, 0) is 0 Å². The van der Waals surface area contributed by atoms with Crippen molar-refractivity contribution in [2.75, 3.05) is 13.1 Å². The van der Waals surface area contributed by atoms with Crippen molar-refractivity contribution < 1.29 is 18.3 Å². The van der Waals surface area contributed by atoms with Crippen molar-refractivity contribution in [1.29, 1.82) is 0 Å². The fourth-order valence-corrected chi connectivity index (χ4v) is 4.09. The van der Waals surface area contributed by atoms with Crippen molar-refractivity contribution in [1.82, 2.24) is 4.90 Å². The number of ether oxygens (including phenoxy) is 1. The van der Waals surface area contributed by atoms with E-state index in [0.29, 0.717) is 18.0 Å². The molecule has 26 heavy (non-hydrogen) atoms. The molecule has 2 aromatic rings. The van der Waals surface area contributed by atoms with Crippen LogP contribution in [0.1, 0.15) is 29.9 Å². The molecule has 0 saturated carbocycles. The van der Waals surface area contributed by atoms with Gasteiger partial charge in [-0.15, -0.1) is 11.3 Å². The average Bonchev–Trinajstić information content (AvgIpc) is 3.07. The van der Waals surface area contributed by atoms with E-state index in [-0.39, 0.29) is 23.1 Å². The average molecular weight is 380 g/mol. The second-order valence-corrected chi connectivity index (χ2v) is 8.26. The molecular formula is C19H22F2N2O2S.